The van der Waals surface area contributed by atoms with E-state index in [0.717, 1.165) is 17.6 Å². The molecule has 2 aromatic rings. The molecule has 3 atom stereocenters. The van der Waals surface area contributed by atoms with Gasteiger partial charge in [0.1, 0.15) is 11.3 Å². The van der Waals surface area contributed by atoms with E-state index in [4.69, 9.17) is 14.4 Å². The summed E-state index contributed by atoms with van der Waals surface area (Å²) in [5.74, 6) is -1.16. The van der Waals surface area contributed by atoms with Crippen LogP contribution >= 0.6 is 11.3 Å². The van der Waals surface area contributed by atoms with E-state index in [1.807, 2.05) is 12.3 Å². The van der Waals surface area contributed by atoms with E-state index in [-0.39, 0.29) is 17.7 Å². The van der Waals surface area contributed by atoms with Gasteiger partial charge in [-0.2, -0.15) is 0 Å². The zero-order valence-corrected chi connectivity index (χ0v) is 18.8. The average molecular weight is 453 g/mol. The van der Waals surface area contributed by atoms with Crippen molar-refractivity contribution in [3.05, 3.63) is 33.1 Å². The number of aliphatic hydroxyl groups excluding tert-OH is 1. The normalized spacial score (nSPS) is 20.0. The molecule has 1 saturated carbocycles. The topological polar surface area (TPSA) is 155 Å². The Balaban J connectivity index is 0.000000785. The second kappa shape index (κ2) is 11.0. The number of amides is 2. The number of thiazole rings is 1. The van der Waals surface area contributed by atoms with Gasteiger partial charge in [0.05, 0.1) is 22.8 Å². The molecular formula is C20H28N4O6S. The van der Waals surface area contributed by atoms with Gasteiger partial charge < -0.3 is 25.4 Å². The molecule has 4 N–H and O–H groups in total. The van der Waals surface area contributed by atoms with E-state index in [1.54, 1.807) is 25.2 Å². The van der Waals surface area contributed by atoms with Gasteiger partial charge in [-0.3, -0.25) is 14.4 Å². The van der Waals surface area contributed by atoms with Gasteiger partial charge in [0.2, 0.25) is 5.91 Å². The third-order valence-electron chi connectivity index (χ3n) is 4.78. The lowest BCUT2D eigenvalue weighted by Crippen LogP contribution is -2.40. The Bertz CT molecular complexity index is 901. The molecule has 3 rings (SSSR count). The molecule has 1 fully saturated rings. The first kappa shape index (κ1) is 24.5. The van der Waals surface area contributed by atoms with Crippen molar-refractivity contribution in [1.29, 1.82) is 0 Å². The van der Waals surface area contributed by atoms with Gasteiger partial charge in [0, 0.05) is 36.9 Å². The number of rotatable bonds is 6. The minimum absolute atomic E-state index is 0.101. The monoisotopic (exact) mass is 452 g/mol. The number of aliphatic hydroxyl groups is 1. The lowest BCUT2D eigenvalue weighted by molar-refractivity contribution is -0.134. The molecular weight excluding hydrogens is 424 g/mol. The van der Waals surface area contributed by atoms with Crippen LogP contribution in [0.4, 0.5) is 0 Å². The summed E-state index contributed by atoms with van der Waals surface area (Å²) < 4.78 is 5.01. The molecule has 1 aliphatic rings. The number of aryl methyl sites for hydroxylation is 3. The molecule has 2 amide bonds. The first-order valence-electron chi connectivity index (χ1n) is 9.88. The van der Waals surface area contributed by atoms with Gasteiger partial charge in [0.15, 0.2) is 0 Å². The number of nitrogens with zero attached hydrogens (tertiary/aromatic N) is 2. The van der Waals surface area contributed by atoms with Crippen molar-refractivity contribution in [3.8, 4) is 0 Å². The SMILES string of the molecule is CC(=O)O.Cc1csc(CCNC(=O)[C@@H]2C[C@@H](O)[C@H](NC(=O)c3c(C)noc3C)C2)n1. The van der Waals surface area contributed by atoms with Crippen LogP contribution in [-0.2, 0) is 16.0 Å². The summed E-state index contributed by atoms with van der Waals surface area (Å²) in [6.45, 7) is 6.89. The average Bonchev–Trinajstić information content (AvgIpc) is 3.34. The van der Waals surface area contributed by atoms with Crippen LogP contribution in [0.5, 0.6) is 0 Å². The Morgan fingerprint density at radius 3 is 2.48 bits per heavy atom. The molecule has 0 unspecified atom stereocenters. The summed E-state index contributed by atoms with van der Waals surface area (Å²) in [4.78, 5) is 38.2. The third-order valence-corrected chi connectivity index (χ3v) is 5.81. The van der Waals surface area contributed by atoms with Crippen molar-refractivity contribution in [1.82, 2.24) is 20.8 Å². The highest BCUT2D eigenvalue weighted by Crippen LogP contribution is 2.27. The molecule has 0 saturated heterocycles. The van der Waals surface area contributed by atoms with Crippen molar-refractivity contribution in [2.75, 3.05) is 6.54 Å². The summed E-state index contributed by atoms with van der Waals surface area (Å²) in [5, 5.41) is 30.1. The highest BCUT2D eigenvalue weighted by molar-refractivity contribution is 7.09. The van der Waals surface area contributed by atoms with Crippen molar-refractivity contribution >= 4 is 29.1 Å². The Kier molecular flexibility index (Phi) is 8.69. The maximum absolute atomic E-state index is 12.4. The van der Waals surface area contributed by atoms with Crippen molar-refractivity contribution in [3.63, 3.8) is 0 Å². The molecule has 11 heteroatoms. The van der Waals surface area contributed by atoms with Crippen molar-refractivity contribution in [2.45, 2.75) is 59.1 Å². The number of hydrogen-bond donors (Lipinski definition) is 4. The highest BCUT2D eigenvalue weighted by atomic mass is 32.1. The molecule has 170 valence electrons. The molecule has 1 aliphatic carbocycles. The van der Waals surface area contributed by atoms with Crippen LogP contribution in [0.25, 0.3) is 0 Å². The second-order valence-corrected chi connectivity index (χ2v) is 8.40. The Morgan fingerprint density at radius 2 is 1.94 bits per heavy atom. The zero-order chi connectivity index (χ0) is 23.1. The number of nitrogens with one attached hydrogen (secondary N) is 2. The van der Waals surface area contributed by atoms with E-state index in [9.17, 15) is 14.7 Å². The number of carboxylic acid groups (broad SMARTS) is 1. The van der Waals surface area contributed by atoms with Crippen LogP contribution in [-0.4, -0.2) is 56.8 Å². The van der Waals surface area contributed by atoms with Crippen LogP contribution in [0, 0.1) is 26.7 Å². The van der Waals surface area contributed by atoms with Crippen LogP contribution in [0.2, 0.25) is 0 Å². The molecule has 0 radical (unpaired) electrons. The van der Waals surface area contributed by atoms with Crippen LogP contribution in [0.3, 0.4) is 0 Å². The van der Waals surface area contributed by atoms with E-state index in [2.05, 4.69) is 20.8 Å². The van der Waals surface area contributed by atoms with Gasteiger partial charge in [0.25, 0.3) is 11.9 Å². The molecule has 0 spiro atoms. The first-order chi connectivity index (χ1) is 14.6. The minimum Gasteiger partial charge on any atom is -0.481 e. The predicted molar refractivity (Wildman–Crippen MR) is 113 cm³/mol. The van der Waals surface area contributed by atoms with Crippen LogP contribution < -0.4 is 10.6 Å². The lowest BCUT2D eigenvalue weighted by atomic mass is 10.1. The van der Waals surface area contributed by atoms with E-state index in [1.165, 1.54) is 0 Å². The van der Waals surface area contributed by atoms with E-state index < -0.39 is 18.1 Å². The maximum atomic E-state index is 12.4. The van der Waals surface area contributed by atoms with Gasteiger partial charge in [-0.25, -0.2) is 4.98 Å². The molecule has 31 heavy (non-hydrogen) atoms. The first-order valence-corrected chi connectivity index (χ1v) is 10.8. The Hall–Kier alpha value is -2.79. The number of carbonyl (C=O) groups is 3. The Morgan fingerprint density at radius 1 is 1.26 bits per heavy atom. The maximum Gasteiger partial charge on any atom is 0.300 e. The van der Waals surface area contributed by atoms with E-state index in [0.29, 0.717) is 42.8 Å². The molecule has 2 aromatic heterocycles. The van der Waals surface area contributed by atoms with Gasteiger partial charge >= 0.3 is 0 Å². The van der Waals surface area contributed by atoms with Gasteiger partial charge in [-0.1, -0.05) is 5.16 Å². The summed E-state index contributed by atoms with van der Waals surface area (Å²) in [5.41, 5.74) is 1.87. The fourth-order valence-electron chi connectivity index (χ4n) is 3.39. The minimum atomic E-state index is -0.833. The summed E-state index contributed by atoms with van der Waals surface area (Å²) >= 11 is 1.58. The molecule has 2 heterocycles. The standard InChI is InChI=1S/C18H24N4O4S.C2H4O2/c1-9-8-27-15(20-9)4-5-19-17(24)12-6-13(14(23)7-12)21-18(25)16-10(2)22-26-11(16)3;1-2(3)4/h8,12-14,23H,4-7H2,1-3H3,(H,19,24)(H,21,25);1H3,(H,3,4)/t12-,13+,14+;/m0./s1. The quantitative estimate of drug-likeness (QED) is 0.512. The molecule has 0 aliphatic heterocycles. The molecule has 10 nitrogen and oxygen atoms in total. The smallest absolute Gasteiger partial charge is 0.300 e. The zero-order valence-electron chi connectivity index (χ0n) is 18.0. The number of carboxylic acids is 1. The number of aromatic nitrogens is 2. The predicted octanol–water partition coefficient (Wildman–Crippen LogP) is 1.38. The van der Waals surface area contributed by atoms with Crippen molar-refractivity contribution in [2.24, 2.45) is 5.92 Å². The number of carbonyl (C=O) groups excluding carboxylic acids is 2. The van der Waals surface area contributed by atoms with Crippen molar-refractivity contribution < 1.29 is 29.1 Å². The largest absolute Gasteiger partial charge is 0.481 e. The summed E-state index contributed by atoms with van der Waals surface area (Å²) in [6, 6.07) is -0.469. The third kappa shape index (κ3) is 7.14. The van der Waals surface area contributed by atoms with Crippen LogP contribution in [0.1, 0.15) is 52.3 Å². The summed E-state index contributed by atoms with van der Waals surface area (Å²) in [7, 11) is 0. The summed E-state index contributed by atoms with van der Waals surface area (Å²) in [6.07, 6.45) is 0.658. The van der Waals surface area contributed by atoms with E-state index >= 15 is 0 Å². The fraction of sp³-hybridized carbons (Fsp3) is 0.550. The second-order valence-electron chi connectivity index (χ2n) is 7.46. The Labute approximate surface area is 184 Å². The van der Waals surface area contributed by atoms with Crippen LogP contribution in [0.15, 0.2) is 9.90 Å². The lowest BCUT2D eigenvalue weighted by Gasteiger charge is -2.16. The van der Waals surface area contributed by atoms with Gasteiger partial charge in [-0.05, 0) is 33.6 Å². The molecule has 0 aromatic carbocycles. The van der Waals surface area contributed by atoms with Gasteiger partial charge in [-0.15, -0.1) is 11.3 Å². The fourth-order valence-corrected chi connectivity index (χ4v) is 4.16. The molecule has 0 bridgehead atoms. The highest BCUT2D eigenvalue weighted by Gasteiger charge is 2.38. The number of hydrogen-bond acceptors (Lipinski definition) is 8. The number of aliphatic carboxylic acids is 1.